The van der Waals surface area contributed by atoms with Crippen molar-refractivity contribution in [3.05, 3.63) is 12.2 Å². The normalized spacial score (nSPS) is 17.8. The molecule has 0 unspecified atom stereocenters. The Bertz CT molecular complexity index is 207. The molecule has 0 radical (unpaired) electrons. The molecule has 0 aromatic rings. The molecule has 0 aromatic carbocycles. The summed E-state index contributed by atoms with van der Waals surface area (Å²) in [6.07, 6.45) is 4.64. The summed E-state index contributed by atoms with van der Waals surface area (Å²) in [7, 11) is 1.40. The van der Waals surface area contributed by atoms with Crippen molar-refractivity contribution in [3.63, 3.8) is 0 Å². The Kier molecular flexibility index (Phi) is 4.66. The van der Waals surface area contributed by atoms with Gasteiger partial charge in [0.2, 0.25) is 0 Å². The Balaban J connectivity index is 2.18. The van der Waals surface area contributed by atoms with E-state index in [4.69, 9.17) is 0 Å². The Morgan fingerprint density at radius 1 is 1.36 bits per heavy atom. The van der Waals surface area contributed by atoms with E-state index in [0.717, 1.165) is 26.1 Å². The number of esters is 1. The summed E-state index contributed by atoms with van der Waals surface area (Å²) in [6, 6.07) is 0. The molecule has 0 amide bonds. The maximum Gasteiger partial charge on any atom is 0.333 e. The summed E-state index contributed by atoms with van der Waals surface area (Å²) >= 11 is 0. The molecule has 1 saturated heterocycles. The van der Waals surface area contributed by atoms with Crippen LogP contribution in [0.2, 0.25) is 0 Å². The van der Waals surface area contributed by atoms with Gasteiger partial charge in [-0.25, -0.2) is 4.79 Å². The number of hydrogen-bond donors (Lipinski definition) is 0. The van der Waals surface area contributed by atoms with Gasteiger partial charge in [0.1, 0.15) is 0 Å². The lowest BCUT2D eigenvalue weighted by Crippen LogP contribution is -2.31. The molecule has 1 aliphatic rings. The van der Waals surface area contributed by atoms with Crippen LogP contribution in [0.4, 0.5) is 0 Å². The van der Waals surface area contributed by atoms with Gasteiger partial charge >= 0.3 is 5.97 Å². The number of ether oxygens (including phenoxy) is 1. The van der Waals surface area contributed by atoms with Crippen molar-refractivity contribution < 1.29 is 9.53 Å². The Morgan fingerprint density at radius 3 is 2.57 bits per heavy atom. The third-order valence-electron chi connectivity index (χ3n) is 2.65. The number of likely N-dealkylation sites (tertiary alicyclic amines) is 1. The first-order chi connectivity index (χ1) is 6.74. The van der Waals surface area contributed by atoms with Crippen LogP contribution in [0.5, 0.6) is 0 Å². The molecular weight excluding hydrogens is 178 g/mol. The number of carbonyl (C=O) groups excluding carboxylic acids is 1. The zero-order valence-electron chi connectivity index (χ0n) is 8.92. The van der Waals surface area contributed by atoms with Crippen LogP contribution in [-0.4, -0.2) is 37.6 Å². The van der Waals surface area contributed by atoms with Gasteiger partial charge < -0.3 is 9.64 Å². The monoisotopic (exact) mass is 197 g/mol. The molecule has 0 atom stereocenters. The first-order valence-electron chi connectivity index (χ1n) is 5.22. The summed E-state index contributed by atoms with van der Waals surface area (Å²) in [5, 5.41) is 0. The first-order valence-corrected chi connectivity index (χ1v) is 5.22. The summed E-state index contributed by atoms with van der Waals surface area (Å²) in [6.45, 7) is 6.97. The molecule has 3 heteroatoms. The maximum atomic E-state index is 11.0. The quantitative estimate of drug-likeness (QED) is 0.506. The smallest absolute Gasteiger partial charge is 0.333 e. The molecule has 0 aromatic heterocycles. The molecule has 3 nitrogen and oxygen atoms in total. The summed E-state index contributed by atoms with van der Waals surface area (Å²) in [5.74, 6) is -0.276. The maximum absolute atomic E-state index is 11.0. The minimum atomic E-state index is -0.276. The van der Waals surface area contributed by atoms with Crippen LogP contribution in [-0.2, 0) is 9.53 Å². The van der Waals surface area contributed by atoms with Crippen molar-refractivity contribution in [1.29, 1.82) is 0 Å². The van der Waals surface area contributed by atoms with Gasteiger partial charge in [0, 0.05) is 12.1 Å². The fraction of sp³-hybridized carbons (Fsp3) is 0.727. The molecule has 0 saturated carbocycles. The highest BCUT2D eigenvalue weighted by Gasteiger charge is 2.12. The summed E-state index contributed by atoms with van der Waals surface area (Å²) in [5.41, 5.74) is 0.582. The lowest BCUT2D eigenvalue weighted by atomic mass is 10.1. The zero-order chi connectivity index (χ0) is 10.4. The second kappa shape index (κ2) is 5.81. The van der Waals surface area contributed by atoms with Gasteiger partial charge in [0.15, 0.2) is 0 Å². The Labute approximate surface area is 85.7 Å². The van der Waals surface area contributed by atoms with Crippen molar-refractivity contribution in [1.82, 2.24) is 4.90 Å². The molecule has 0 spiro atoms. The van der Waals surface area contributed by atoms with Gasteiger partial charge in [-0.3, -0.25) is 0 Å². The van der Waals surface area contributed by atoms with E-state index < -0.39 is 0 Å². The molecule has 1 heterocycles. The molecule has 80 valence electrons. The van der Waals surface area contributed by atoms with Crippen LogP contribution in [0.25, 0.3) is 0 Å². The largest absolute Gasteiger partial charge is 0.466 e. The van der Waals surface area contributed by atoms with Crippen LogP contribution in [0.1, 0.15) is 25.7 Å². The third-order valence-corrected chi connectivity index (χ3v) is 2.65. The predicted octanol–water partition coefficient (Wildman–Crippen LogP) is 1.59. The topological polar surface area (TPSA) is 29.5 Å². The van der Waals surface area contributed by atoms with Crippen LogP contribution in [0.3, 0.4) is 0 Å². The van der Waals surface area contributed by atoms with E-state index in [1.54, 1.807) is 0 Å². The van der Waals surface area contributed by atoms with Crippen LogP contribution < -0.4 is 0 Å². The van der Waals surface area contributed by atoms with E-state index in [2.05, 4.69) is 16.2 Å². The van der Waals surface area contributed by atoms with Crippen LogP contribution in [0.15, 0.2) is 12.2 Å². The van der Waals surface area contributed by atoms with E-state index in [1.165, 1.54) is 26.4 Å². The third kappa shape index (κ3) is 3.50. The van der Waals surface area contributed by atoms with E-state index >= 15 is 0 Å². The molecule has 14 heavy (non-hydrogen) atoms. The second-order valence-electron chi connectivity index (χ2n) is 3.75. The summed E-state index contributed by atoms with van der Waals surface area (Å²) in [4.78, 5) is 13.4. The lowest BCUT2D eigenvalue weighted by Gasteiger charge is -2.26. The van der Waals surface area contributed by atoms with Crippen molar-refractivity contribution in [2.24, 2.45) is 0 Å². The fourth-order valence-corrected chi connectivity index (χ4v) is 1.72. The van der Waals surface area contributed by atoms with E-state index in [1.807, 2.05) is 0 Å². The van der Waals surface area contributed by atoms with Gasteiger partial charge in [0.25, 0.3) is 0 Å². The van der Waals surface area contributed by atoms with E-state index in [-0.39, 0.29) is 5.97 Å². The van der Waals surface area contributed by atoms with E-state index in [9.17, 15) is 4.79 Å². The van der Waals surface area contributed by atoms with Gasteiger partial charge in [-0.05, 0) is 32.4 Å². The molecule has 0 N–H and O–H groups in total. The average Bonchev–Trinajstić information content (AvgIpc) is 2.26. The number of rotatable bonds is 4. The van der Waals surface area contributed by atoms with Crippen LogP contribution in [0, 0.1) is 0 Å². The average molecular weight is 197 g/mol. The molecule has 1 aliphatic heterocycles. The lowest BCUT2D eigenvalue weighted by molar-refractivity contribution is -0.136. The molecule has 1 fully saturated rings. The van der Waals surface area contributed by atoms with Crippen molar-refractivity contribution in [2.45, 2.75) is 25.7 Å². The predicted molar refractivity (Wildman–Crippen MR) is 56.1 cm³/mol. The molecule has 0 aliphatic carbocycles. The Hall–Kier alpha value is -0.830. The first kappa shape index (κ1) is 11.2. The Morgan fingerprint density at radius 2 is 2.00 bits per heavy atom. The highest BCUT2D eigenvalue weighted by molar-refractivity contribution is 5.87. The van der Waals surface area contributed by atoms with Gasteiger partial charge in [-0.2, -0.15) is 0 Å². The second-order valence-corrected chi connectivity index (χ2v) is 3.75. The number of nitrogens with zero attached hydrogens (tertiary/aromatic N) is 1. The zero-order valence-corrected chi connectivity index (χ0v) is 8.92. The molecule has 0 bridgehead atoms. The molecular formula is C11H19NO2. The van der Waals surface area contributed by atoms with Gasteiger partial charge in [-0.15, -0.1) is 0 Å². The SMILES string of the molecule is C=C(CCN1CCCCC1)C(=O)OC. The fourth-order valence-electron chi connectivity index (χ4n) is 1.72. The van der Waals surface area contributed by atoms with Gasteiger partial charge in [-0.1, -0.05) is 13.0 Å². The summed E-state index contributed by atoms with van der Waals surface area (Å²) < 4.78 is 4.59. The number of piperidine rings is 1. The van der Waals surface area contributed by atoms with Crippen molar-refractivity contribution >= 4 is 5.97 Å². The van der Waals surface area contributed by atoms with Crippen LogP contribution >= 0.6 is 0 Å². The molecule has 1 rings (SSSR count). The van der Waals surface area contributed by atoms with E-state index in [0.29, 0.717) is 5.57 Å². The van der Waals surface area contributed by atoms with Crippen molar-refractivity contribution in [2.75, 3.05) is 26.7 Å². The standard InChI is InChI=1S/C11H19NO2/c1-10(11(13)14-2)6-9-12-7-4-3-5-8-12/h1,3-9H2,2H3. The minimum Gasteiger partial charge on any atom is -0.466 e. The highest BCUT2D eigenvalue weighted by atomic mass is 16.5. The number of carbonyl (C=O) groups is 1. The highest BCUT2D eigenvalue weighted by Crippen LogP contribution is 2.10. The number of methoxy groups -OCH3 is 1. The van der Waals surface area contributed by atoms with Gasteiger partial charge in [0.05, 0.1) is 7.11 Å². The number of hydrogen-bond acceptors (Lipinski definition) is 3. The minimum absolute atomic E-state index is 0.276. The van der Waals surface area contributed by atoms with Crippen molar-refractivity contribution in [3.8, 4) is 0 Å².